The maximum absolute atomic E-state index is 9.09. The van der Waals surface area contributed by atoms with Crippen LogP contribution in [0.2, 0.25) is 0 Å². The Hall–Kier alpha value is -0.120. The lowest BCUT2D eigenvalue weighted by Gasteiger charge is -2.20. The molecular formula is C7H17NO2. The number of aliphatic hydroxyl groups excluding tert-OH is 1. The van der Waals surface area contributed by atoms with E-state index in [0.29, 0.717) is 6.04 Å². The van der Waals surface area contributed by atoms with Gasteiger partial charge in [-0.15, -0.1) is 0 Å². The van der Waals surface area contributed by atoms with E-state index in [1.165, 1.54) is 7.11 Å². The molecule has 0 aliphatic heterocycles. The Morgan fingerprint density at radius 3 is 2.10 bits per heavy atom. The molecule has 0 aromatic carbocycles. The minimum Gasteiger partial charge on any atom is -0.367 e. The molecule has 0 aliphatic carbocycles. The standard InChI is InChI=1S/C7H17NO2/c1-5(2)8-6(3)7(9)10-4/h5-9H,1-4H3. The van der Waals surface area contributed by atoms with Crippen LogP contribution in [0.4, 0.5) is 0 Å². The summed E-state index contributed by atoms with van der Waals surface area (Å²) in [6.45, 7) is 5.94. The van der Waals surface area contributed by atoms with Gasteiger partial charge in [0, 0.05) is 13.2 Å². The predicted octanol–water partition coefficient (Wildman–Crippen LogP) is 0.338. The second-order valence-corrected chi connectivity index (χ2v) is 2.74. The molecule has 0 spiro atoms. The summed E-state index contributed by atoms with van der Waals surface area (Å²) in [6, 6.07) is 0.366. The minimum absolute atomic E-state index is 0.00926. The van der Waals surface area contributed by atoms with E-state index >= 15 is 0 Å². The fourth-order valence-electron chi connectivity index (χ4n) is 0.812. The zero-order valence-corrected chi connectivity index (χ0v) is 7.09. The van der Waals surface area contributed by atoms with Crippen molar-refractivity contribution in [3.8, 4) is 0 Å². The Morgan fingerprint density at radius 1 is 1.30 bits per heavy atom. The molecule has 0 radical (unpaired) electrons. The first-order valence-electron chi connectivity index (χ1n) is 3.54. The van der Waals surface area contributed by atoms with Gasteiger partial charge in [0.05, 0.1) is 6.04 Å². The third-order valence-electron chi connectivity index (χ3n) is 1.27. The highest BCUT2D eigenvalue weighted by molar-refractivity contribution is 4.65. The van der Waals surface area contributed by atoms with Crippen LogP contribution in [0.15, 0.2) is 0 Å². The van der Waals surface area contributed by atoms with E-state index in [0.717, 1.165) is 0 Å². The Kier molecular flexibility index (Phi) is 4.60. The van der Waals surface area contributed by atoms with Crippen LogP contribution in [0.25, 0.3) is 0 Å². The molecule has 0 aromatic rings. The van der Waals surface area contributed by atoms with Crippen molar-refractivity contribution in [1.82, 2.24) is 5.32 Å². The normalized spacial score (nSPS) is 17.4. The van der Waals surface area contributed by atoms with Gasteiger partial charge in [-0.25, -0.2) is 0 Å². The van der Waals surface area contributed by atoms with E-state index in [9.17, 15) is 0 Å². The van der Waals surface area contributed by atoms with E-state index in [-0.39, 0.29) is 6.04 Å². The molecule has 0 saturated heterocycles. The molecule has 0 aliphatic rings. The number of hydrogen-bond acceptors (Lipinski definition) is 3. The Labute approximate surface area is 62.4 Å². The second-order valence-electron chi connectivity index (χ2n) is 2.74. The van der Waals surface area contributed by atoms with Gasteiger partial charge in [0.1, 0.15) is 0 Å². The molecule has 62 valence electrons. The fourth-order valence-corrected chi connectivity index (χ4v) is 0.812. The SMILES string of the molecule is COC(O)C(C)NC(C)C. The van der Waals surface area contributed by atoms with Gasteiger partial charge in [0.25, 0.3) is 0 Å². The van der Waals surface area contributed by atoms with Crippen molar-refractivity contribution >= 4 is 0 Å². The highest BCUT2D eigenvalue weighted by Crippen LogP contribution is 1.94. The van der Waals surface area contributed by atoms with Crippen LogP contribution in [0.5, 0.6) is 0 Å². The largest absolute Gasteiger partial charge is 0.367 e. The summed E-state index contributed by atoms with van der Waals surface area (Å²) in [7, 11) is 1.49. The Morgan fingerprint density at radius 2 is 1.80 bits per heavy atom. The summed E-state index contributed by atoms with van der Waals surface area (Å²) in [5.74, 6) is 0. The lowest BCUT2D eigenvalue weighted by molar-refractivity contribution is -0.0943. The van der Waals surface area contributed by atoms with Crippen molar-refractivity contribution in [2.75, 3.05) is 7.11 Å². The van der Waals surface area contributed by atoms with Crippen LogP contribution in [0.1, 0.15) is 20.8 Å². The van der Waals surface area contributed by atoms with Crippen molar-refractivity contribution in [3.05, 3.63) is 0 Å². The van der Waals surface area contributed by atoms with Gasteiger partial charge < -0.3 is 15.2 Å². The molecule has 3 nitrogen and oxygen atoms in total. The van der Waals surface area contributed by atoms with E-state index in [4.69, 9.17) is 9.84 Å². The molecule has 3 heteroatoms. The van der Waals surface area contributed by atoms with Crippen molar-refractivity contribution in [2.24, 2.45) is 0 Å². The molecule has 0 saturated carbocycles. The lowest BCUT2D eigenvalue weighted by Crippen LogP contribution is -2.41. The van der Waals surface area contributed by atoms with Crippen molar-refractivity contribution in [3.63, 3.8) is 0 Å². The first-order chi connectivity index (χ1) is 4.57. The predicted molar refractivity (Wildman–Crippen MR) is 40.7 cm³/mol. The van der Waals surface area contributed by atoms with Crippen LogP contribution < -0.4 is 5.32 Å². The van der Waals surface area contributed by atoms with Gasteiger partial charge >= 0.3 is 0 Å². The molecule has 2 N–H and O–H groups in total. The summed E-state index contributed by atoms with van der Waals surface area (Å²) < 4.78 is 4.71. The number of aliphatic hydroxyl groups is 1. The van der Waals surface area contributed by atoms with Crippen LogP contribution >= 0.6 is 0 Å². The molecule has 0 fully saturated rings. The van der Waals surface area contributed by atoms with Crippen molar-refractivity contribution in [2.45, 2.75) is 39.1 Å². The number of ether oxygens (including phenoxy) is 1. The van der Waals surface area contributed by atoms with Gasteiger partial charge in [-0.1, -0.05) is 13.8 Å². The summed E-state index contributed by atoms with van der Waals surface area (Å²) in [4.78, 5) is 0. The van der Waals surface area contributed by atoms with Crippen molar-refractivity contribution in [1.29, 1.82) is 0 Å². The molecule has 2 atom stereocenters. The number of nitrogens with one attached hydrogen (secondary N) is 1. The van der Waals surface area contributed by atoms with E-state index in [1.54, 1.807) is 0 Å². The molecule has 2 unspecified atom stereocenters. The molecule has 0 bridgehead atoms. The highest BCUT2D eigenvalue weighted by Gasteiger charge is 2.12. The number of hydrogen-bond donors (Lipinski definition) is 2. The first-order valence-corrected chi connectivity index (χ1v) is 3.54. The molecule has 0 aromatic heterocycles. The second kappa shape index (κ2) is 4.66. The maximum Gasteiger partial charge on any atom is 0.169 e. The number of rotatable bonds is 4. The van der Waals surface area contributed by atoms with Gasteiger partial charge in [-0.2, -0.15) is 0 Å². The summed E-state index contributed by atoms with van der Waals surface area (Å²) in [5.41, 5.74) is 0. The molecule has 0 heterocycles. The van der Waals surface area contributed by atoms with E-state index in [2.05, 4.69) is 5.32 Å². The topological polar surface area (TPSA) is 41.5 Å². The summed E-state index contributed by atoms with van der Waals surface area (Å²) in [6.07, 6.45) is -0.706. The van der Waals surface area contributed by atoms with Gasteiger partial charge in [-0.3, -0.25) is 0 Å². The Bertz CT molecular complexity index is 85.7. The lowest BCUT2D eigenvalue weighted by atomic mass is 10.3. The van der Waals surface area contributed by atoms with Crippen molar-refractivity contribution < 1.29 is 9.84 Å². The maximum atomic E-state index is 9.09. The first kappa shape index (κ1) is 9.88. The van der Waals surface area contributed by atoms with Crippen LogP contribution in [-0.2, 0) is 4.74 Å². The monoisotopic (exact) mass is 147 g/mol. The minimum atomic E-state index is -0.706. The van der Waals surface area contributed by atoms with Crippen LogP contribution in [0.3, 0.4) is 0 Å². The van der Waals surface area contributed by atoms with Gasteiger partial charge in [0.2, 0.25) is 0 Å². The third kappa shape index (κ3) is 3.82. The van der Waals surface area contributed by atoms with Gasteiger partial charge in [0.15, 0.2) is 6.29 Å². The molecule has 0 rings (SSSR count). The summed E-state index contributed by atoms with van der Waals surface area (Å²) in [5, 5.41) is 12.2. The Balaban J connectivity index is 3.50. The molecular weight excluding hydrogens is 130 g/mol. The average Bonchev–Trinajstić information content (AvgIpc) is 1.85. The quantitative estimate of drug-likeness (QED) is 0.563. The van der Waals surface area contributed by atoms with Crippen LogP contribution in [-0.4, -0.2) is 30.6 Å². The average molecular weight is 147 g/mol. The fraction of sp³-hybridized carbons (Fsp3) is 1.00. The zero-order chi connectivity index (χ0) is 8.15. The highest BCUT2D eigenvalue weighted by atomic mass is 16.6. The van der Waals surface area contributed by atoms with Gasteiger partial charge in [-0.05, 0) is 6.92 Å². The van der Waals surface area contributed by atoms with E-state index in [1.807, 2.05) is 20.8 Å². The van der Waals surface area contributed by atoms with E-state index < -0.39 is 6.29 Å². The molecule has 10 heavy (non-hydrogen) atoms. The van der Waals surface area contributed by atoms with Crippen LogP contribution in [0, 0.1) is 0 Å². The number of methoxy groups -OCH3 is 1. The zero-order valence-electron chi connectivity index (χ0n) is 7.09. The third-order valence-corrected chi connectivity index (χ3v) is 1.27. The summed E-state index contributed by atoms with van der Waals surface area (Å²) >= 11 is 0. The molecule has 0 amide bonds. The smallest absolute Gasteiger partial charge is 0.169 e.